The van der Waals surface area contributed by atoms with E-state index < -0.39 is 76.8 Å². The van der Waals surface area contributed by atoms with Crippen molar-refractivity contribution in [3.8, 4) is 0 Å². The van der Waals surface area contributed by atoms with Crippen LogP contribution in [0.1, 0.15) is 19.3 Å². The van der Waals surface area contributed by atoms with Crippen LogP contribution in [-0.4, -0.2) is 73.6 Å². The minimum Gasteiger partial charge on any atom is -0.743 e. The van der Waals surface area contributed by atoms with Crippen LogP contribution in [0.4, 0.5) is 35.1 Å². The maximum atomic E-state index is 13.5. The summed E-state index contributed by atoms with van der Waals surface area (Å²) in [5.74, 6) is -16.2. The van der Waals surface area contributed by atoms with Gasteiger partial charge in [-0.15, -0.1) is 0 Å². The van der Waals surface area contributed by atoms with Crippen LogP contribution in [-0.2, 0) is 29.2 Å². The highest BCUT2D eigenvalue weighted by Gasteiger charge is 2.67. The molecule has 0 N–H and O–H groups in total. The Morgan fingerprint density at radius 2 is 1.52 bits per heavy atom. The number of nitrogens with zero attached hydrogens (tertiary/aromatic N) is 1. The molecule has 0 spiro atoms. The predicted octanol–water partition coefficient (Wildman–Crippen LogP) is 2.32. The van der Waals surface area contributed by atoms with Gasteiger partial charge in [0.2, 0.25) is 5.83 Å². The van der Waals surface area contributed by atoms with E-state index in [1.165, 1.54) is 0 Å². The zero-order chi connectivity index (χ0) is 25.1. The first-order valence-corrected chi connectivity index (χ1v) is 9.26. The van der Waals surface area contributed by atoms with Crippen molar-refractivity contribution in [1.29, 1.82) is 0 Å². The average molecular weight is 494 g/mol. The third-order valence-electron chi connectivity index (χ3n) is 3.45. The van der Waals surface area contributed by atoms with Crippen molar-refractivity contribution in [2.45, 2.75) is 42.4 Å². The van der Waals surface area contributed by atoms with Crippen LogP contribution in [0.15, 0.2) is 12.4 Å². The van der Waals surface area contributed by atoms with Gasteiger partial charge in [0.05, 0.1) is 6.61 Å². The SMILES string of the molecule is C=C(F)C(=O)OC(OCCCCC(F)(F)C(F)(F)S(=O)(=O)[O-])(C(=O)N(C)C)C(F)(F)F. The highest BCUT2D eigenvalue weighted by molar-refractivity contribution is 7.86. The number of hydrogen-bond donors (Lipinski definition) is 0. The van der Waals surface area contributed by atoms with Crippen LogP contribution in [0, 0.1) is 0 Å². The summed E-state index contributed by atoms with van der Waals surface area (Å²) in [6, 6.07) is 0. The predicted molar refractivity (Wildman–Crippen MR) is 83.2 cm³/mol. The molecule has 1 amide bonds. The van der Waals surface area contributed by atoms with Crippen molar-refractivity contribution < 1.29 is 67.2 Å². The first-order valence-electron chi connectivity index (χ1n) is 7.85. The van der Waals surface area contributed by atoms with E-state index >= 15 is 0 Å². The molecule has 0 bridgehead atoms. The summed E-state index contributed by atoms with van der Waals surface area (Å²) in [4.78, 5) is 23.5. The molecule has 0 saturated heterocycles. The smallest absolute Gasteiger partial charge is 0.466 e. The molecule has 182 valence electrons. The second-order valence-corrected chi connectivity index (χ2v) is 7.51. The molecule has 0 heterocycles. The monoisotopic (exact) mass is 494 g/mol. The molecule has 17 heteroatoms. The summed E-state index contributed by atoms with van der Waals surface area (Å²) in [5, 5.41) is -5.99. The Balaban J connectivity index is 5.49. The van der Waals surface area contributed by atoms with Crippen LogP contribution in [0.2, 0.25) is 0 Å². The zero-order valence-corrected chi connectivity index (χ0v) is 16.6. The summed E-state index contributed by atoms with van der Waals surface area (Å²) in [6.07, 6.45) is -9.83. The van der Waals surface area contributed by atoms with Crippen molar-refractivity contribution in [2.75, 3.05) is 20.7 Å². The molecule has 1 unspecified atom stereocenters. The van der Waals surface area contributed by atoms with Crippen LogP contribution in [0.5, 0.6) is 0 Å². The van der Waals surface area contributed by atoms with Crippen LogP contribution < -0.4 is 0 Å². The number of unbranched alkanes of at least 4 members (excludes halogenated alkanes) is 1. The molecule has 0 aromatic carbocycles. The first kappa shape index (κ1) is 29.0. The van der Waals surface area contributed by atoms with Crippen LogP contribution >= 0.6 is 0 Å². The number of rotatable bonds is 11. The van der Waals surface area contributed by atoms with Crippen molar-refractivity contribution in [3.63, 3.8) is 0 Å². The Bertz CT molecular complexity index is 797. The minimum absolute atomic E-state index is 0.246. The van der Waals surface area contributed by atoms with E-state index in [2.05, 4.69) is 16.1 Å². The molecule has 0 aliphatic heterocycles. The van der Waals surface area contributed by atoms with Gasteiger partial charge in [-0.25, -0.2) is 13.2 Å². The minimum atomic E-state index is -6.75. The van der Waals surface area contributed by atoms with E-state index in [-0.39, 0.29) is 4.90 Å². The lowest BCUT2D eigenvalue weighted by Gasteiger charge is -2.34. The molecule has 0 aromatic rings. The Labute approximate surface area is 170 Å². The third kappa shape index (κ3) is 6.49. The van der Waals surface area contributed by atoms with E-state index in [9.17, 15) is 57.7 Å². The molecule has 0 aromatic heterocycles. The zero-order valence-electron chi connectivity index (χ0n) is 15.8. The van der Waals surface area contributed by atoms with Gasteiger partial charge in [-0.05, 0) is 12.8 Å². The number of alkyl halides is 7. The lowest BCUT2D eigenvalue weighted by atomic mass is 10.1. The van der Waals surface area contributed by atoms with Gasteiger partial charge in [-0.1, -0.05) is 6.58 Å². The highest BCUT2D eigenvalue weighted by atomic mass is 32.2. The van der Waals surface area contributed by atoms with Crippen molar-refractivity contribution in [2.24, 2.45) is 0 Å². The molecule has 8 nitrogen and oxygen atoms in total. The summed E-state index contributed by atoms with van der Waals surface area (Å²) in [7, 11) is -5.20. The quantitative estimate of drug-likeness (QED) is 0.108. The molecule has 0 aliphatic carbocycles. The van der Waals surface area contributed by atoms with E-state index in [0.29, 0.717) is 0 Å². The Hall–Kier alpha value is -2.01. The summed E-state index contributed by atoms with van der Waals surface area (Å²) in [6.45, 7) is 1.06. The number of likely N-dealkylation sites (N-methyl/N-ethyl adjacent to an activating group) is 1. The second-order valence-electron chi connectivity index (χ2n) is 6.09. The Morgan fingerprint density at radius 1 is 1.03 bits per heavy atom. The van der Waals surface area contributed by atoms with Crippen LogP contribution in [0.25, 0.3) is 0 Å². The Morgan fingerprint density at radius 3 is 1.87 bits per heavy atom. The van der Waals surface area contributed by atoms with Gasteiger partial charge in [0.15, 0.2) is 10.1 Å². The molecule has 0 saturated carbocycles. The van der Waals surface area contributed by atoms with E-state index in [1.807, 2.05) is 0 Å². The number of carbonyl (C=O) groups is 2. The fourth-order valence-electron chi connectivity index (χ4n) is 1.87. The molecular weight excluding hydrogens is 478 g/mol. The van der Waals surface area contributed by atoms with Crippen molar-refractivity contribution in [1.82, 2.24) is 4.90 Å². The maximum Gasteiger partial charge on any atom is 0.466 e. The number of esters is 1. The van der Waals surface area contributed by atoms with E-state index in [0.717, 1.165) is 14.1 Å². The largest absolute Gasteiger partial charge is 0.743 e. The number of halogens is 8. The van der Waals surface area contributed by atoms with E-state index in [1.54, 1.807) is 0 Å². The lowest BCUT2D eigenvalue weighted by molar-refractivity contribution is -0.350. The molecule has 31 heavy (non-hydrogen) atoms. The van der Waals surface area contributed by atoms with Gasteiger partial charge in [0.25, 0.3) is 0 Å². The molecule has 0 rings (SSSR count). The lowest BCUT2D eigenvalue weighted by Crippen LogP contribution is -2.61. The van der Waals surface area contributed by atoms with Gasteiger partial charge in [0.1, 0.15) is 0 Å². The summed E-state index contributed by atoms with van der Waals surface area (Å²) >= 11 is 0. The van der Waals surface area contributed by atoms with Gasteiger partial charge in [-0.3, -0.25) is 4.79 Å². The average Bonchev–Trinajstić information content (AvgIpc) is 2.56. The maximum absolute atomic E-state index is 13.5. The summed E-state index contributed by atoms with van der Waals surface area (Å²) < 4.78 is 145. The molecule has 0 fully saturated rings. The molecule has 0 aliphatic rings. The highest BCUT2D eigenvalue weighted by Crippen LogP contribution is 2.42. The van der Waals surface area contributed by atoms with Crippen molar-refractivity contribution in [3.05, 3.63) is 12.4 Å². The van der Waals surface area contributed by atoms with Crippen molar-refractivity contribution >= 4 is 22.0 Å². The number of hydrogen-bond acceptors (Lipinski definition) is 7. The molecular formula is C14H16F8NO7S-. The van der Waals surface area contributed by atoms with Gasteiger partial charge in [0, 0.05) is 20.5 Å². The fourth-order valence-corrected chi connectivity index (χ4v) is 2.34. The number of amides is 1. The normalized spacial score (nSPS) is 15.2. The van der Waals surface area contributed by atoms with Crippen LogP contribution in [0.3, 0.4) is 0 Å². The number of ether oxygens (including phenoxy) is 2. The molecule has 1 atom stereocenters. The van der Waals surface area contributed by atoms with Gasteiger partial charge >= 0.3 is 35.0 Å². The van der Waals surface area contributed by atoms with E-state index in [4.69, 9.17) is 0 Å². The standard InChI is InChI=1S/C14H17F8NO7S/c1-8(15)9(24)30-12(13(18,19)20,10(25)23(2)3)29-7-5-4-6-11(16,17)14(21,22)31(26,27)28/h1,4-7H2,2-3H3,(H,26,27,28)/p-1. The summed E-state index contributed by atoms with van der Waals surface area (Å²) in [5.41, 5.74) is 0. The van der Waals surface area contributed by atoms with Gasteiger partial charge in [-0.2, -0.15) is 35.1 Å². The van der Waals surface area contributed by atoms with Gasteiger partial charge < -0.3 is 18.9 Å². The third-order valence-corrected chi connectivity index (χ3v) is 4.38. The Kier molecular flexibility index (Phi) is 9.02. The fraction of sp³-hybridized carbons (Fsp3) is 0.714. The number of carbonyl (C=O) groups excluding carboxylic acids is 2. The molecule has 0 radical (unpaired) electrons. The first-order chi connectivity index (χ1) is 13.6. The topological polar surface area (TPSA) is 113 Å². The second kappa shape index (κ2) is 9.64.